The predicted molar refractivity (Wildman–Crippen MR) is 144 cm³/mol. The van der Waals surface area contributed by atoms with Crippen molar-refractivity contribution >= 4 is 17.5 Å². The molecule has 2 aromatic heterocycles. The number of aromatic nitrogens is 4. The van der Waals surface area contributed by atoms with Gasteiger partial charge in [0, 0.05) is 11.7 Å². The summed E-state index contributed by atoms with van der Waals surface area (Å²) in [6.45, 7) is 1.90. The maximum absolute atomic E-state index is 14.3. The van der Waals surface area contributed by atoms with Crippen molar-refractivity contribution < 1.29 is 23.5 Å². The van der Waals surface area contributed by atoms with Crippen molar-refractivity contribution in [3.05, 3.63) is 78.5 Å². The number of fused-ring (bicyclic) bond motifs is 1. The number of para-hydroxylation sites is 2. The molecule has 3 heterocycles. The first-order valence-electron chi connectivity index (χ1n) is 13.5. The van der Waals surface area contributed by atoms with Crippen LogP contribution in [-0.2, 0) is 9.59 Å². The molecule has 1 aliphatic carbocycles. The molecule has 11 heteroatoms. The molecule has 1 aliphatic heterocycles. The van der Waals surface area contributed by atoms with E-state index in [2.05, 4.69) is 20.8 Å². The van der Waals surface area contributed by atoms with Gasteiger partial charge in [-0.05, 0) is 78.2 Å². The van der Waals surface area contributed by atoms with Crippen molar-refractivity contribution in [2.24, 2.45) is 0 Å². The molecule has 11 nitrogen and oxygen atoms in total. The van der Waals surface area contributed by atoms with Gasteiger partial charge in [0.15, 0.2) is 17.5 Å². The van der Waals surface area contributed by atoms with E-state index >= 15 is 0 Å². The zero-order valence-electron chi connectivity index (χ0n) is 22.1. The van der Waals surface area contributed by atoms with Gasteiger partial charge in [-0.25, -0.2) is 4.68 Å². The standard InChI is InChI=1S/C29H30N6O5/c1-19-16-21(13-14-22(19)34-18-30-32-33-34)35(29(37)26-17-39-23-10-5-6-11-24(23)40-26)27(25-12-7-15-38-25)28(36)31-20-8-3-2-4-9-20/h5-7,10-16,18,20,26-27H,2-4,8-9,17H2,1H3,(H,31,36)/t26-,27-/m1/s1. The van der Waals surface area contributed by atoms with Crippen molar-refractivity contribution in [2.75, 3.05) is 11.5 Å². The summed E-state index contributed by atoms with van der Waals surface area (Å²) in [7, 11) is 0. The molecule has 0 radical (unpaired) electrons. The van der Waals surface area contributed by atoms with E-state index in [1.807, 2.05) is 31.2 Å². The van der Waals surface area contributed by atoms with Gasteiger partial charge >= 0.3 is 0 Å². The lowest BCUT2D eigenvalue weighted by atomic mass is 9.95. The average molecular weight is 543 g/mol. The zero-order chi connectivity index (χ0) is 27.5. The second-order valence-corrected chi connectivity index (χ2v) is 10.1. The molecule has 0 spiro atoms. The van der Waals surface area contributed by atoms with Gasteiger partial charge in [-0.3, -0.25) is 14.5 Å². The molecule has 40 heavy (non-hydrogen) atoms. The Bertz CT molecular complexity index is 1470. The number of aryl methyl sites for hydroxylation is 1. The second kappa shape index (κ2) is 11.2. The molecule has 4 aromatic rings. The number of carbonyl (C=O) groups excluding carboxylic acids is 2. The number of rotatable bonds is 7. The number of hydrogen-bond acceptors (Lipinski definition) is 8. The van der Waals surface area contributed by atoms with Crippen LogP contribution in [0.2, 0.25) is 0 Å². The normalized spacial score (nSPS) is 17.7. The maximum atomic E-state index is 14.3. The maximum Gasteiger partial charge on any atom is 0.272 e. The van der Waals surface area contributed by atoms with E-state index in [-0.39, 0.29) is 18.6 Å². The monoisotopic (exact) mass is 542 g/mol. The van der Waals surface area contributed by atoms with Gasteiger partial charge in [0.25, 0.3) is 11.8 Å². The van der Waals surface area contributed by atoms with Crippen molar-refractivity contribution in [3.8, 4) is 17.2 Å². The van der Waals surface area contributed by atoms with E-state index in [1.54, 1.807) is 35.0 Å². The molecule has 1 N–H and O–H groups in total. The van der Waals surface area contributed by atoms with Gasteiger partial charge in [-0.1, -0.05) is 31.4 Å². The summed E-state index contributed by atoms with van der Waals surface area (Å²) in [6.07, 6.45) is 7.11. The highest BCUT2D eigenvalue weighted by atomic mass is 16.6. The number of nitrogens with zero attached hydrogens (tertiary/aromatic N) is 5. The molecule has 0 saturated heterocycles. The number of anilines is 1. The molecular formula is C29H30N6O5. The fraction of sp³-hybridized carbons (Fsp3) is 0.345. The third kappa shape index (κ3) is 5.14. The fourth-order valence-corrected chi connectivity index (χ4v) is 5.37. The zero-order valence-corrected chi connectivity index (χ0v) is 22.1. The van der Waals surface area contributed by atoms with E-state index in [9.17, 15) is 9.59 Å². The Morgan fingerprint density at radius 3 is 2.60 bits per heavy atom. The Labute approximate surface area is 231 Å². The minimum absolute atomic E-state index is 0.00313. The lowest BCUT2D eigenvalue weighted by Crippen LogP contribution is -2.52. The van der Waals surface area contributed by atoms with Gasteiger partial charge in [0.2, 0.25) is 6.10 Å². The Balaban J connectivity index is 1.40. The Kier molecular flexibility index (Phi) is 7.17. The smallest absolute Gasteiger partial charge is 0.272 e. The second-order valence-electron chi connectivity index (χ2n) is 10.1. The van der Waals surface area contributed by atoms with Crippen LogP contribution in [0.5, 0.6) is 11.5 Å². The van der Waals surface area contributed by atoms with Crippen LogP contribution in [-0.4, -0.2) is 50.8 Å². The Hall–Kier alpha value is -4.67. The third-order valence-electron chi connectivity index (χ3n) is 7.35. The van der Waals surface area contributed by atoms with E-state index in [0.29, 0.717) is 22.9 Å². The molecule has 6 rings (SSSR count). The quantitative estimate of drug-likeness (QED) is 0.373. The SMILES string of the molecule is Cc1cc(N(C(=O)[C@H]2COc3ccccc3O2)[C@@H](C(=O)NC2CCCCC2)c2ccco2)ccc1-n1cnnn1. The molecule has 1 saturated carbocycles. The van der Waals surface area contributed by atoms with Crippen LogP contribution in [0, 0.1) is 6.92 Å². The number of tetrazole rings is 1. The Morgan fingerprint density at radius 1 is 1.05 bits per heavy atom. The summed E-state index contributed by atoms with van der Waals surface area (Å²) in [4.78, 5) is 29.8. The minimum Gasteiger partial charge on any atom is -0.485 e. The number of amides is 2. The number of benzene rings is 2. The number of nitrogens with one attached hydrogen (secondary N) is 1. The van der Waals surface area contributed by atoms with E-state index < -0.39 is 18.1 Å². The van der Waals surface area contributed by atoms with Crippen LogP contribution in [0.25, 0.3) is 5.69 Å². The number of carbonyl (C=O) groups is 2. The van der Waals surface area contributed by atoms with Crippen LogP contribution < -0.4 is 19.7 Å². The van der Waals surface area contributed by atoms with Gasteiger partial charge in [-0.2, -0.15) is 0 Å². The fourth-order valence-electron chi connectivity index (χ4n) is 5.37. The van der Waals surface area contributed by atoms with Crippen molar-refractivity contribution in [1.29, 1.82) is 0 Å². The summed E-state index contributed by atoms with van der Waals surface area (Å²) in [5.74, 6) is 0.649. The predicted octanol–water partition coefficient (Wildman–Crippen LogP) is 3.93. The van der Waals surface area contributed by atoms with Crippen LogP contribution in [0.15, 0.2) is 71.6 Å². The molecule has 2 amide bonds. The molecule has 2 aliphatic rings. The van der Waals surface area contributed by atoms with Crippen LogP contribution in [0.1, 0.15) is 49.5 Å². The average Bonchev–Trinajstić information content (AvgIpc) is 3.71. The first-order valence-corrected chi connectivity index (χ1v) is 13.5. The van der Waals surface area contributed by atoms with E-state index in [4.69, 9.17) is 13.9 Å². The first-order chi connectivity index (χ1) is 19.6. The number of ether oxygens (including phenoxy) is 2. The highest BCUT2D eigenvalue weighted by Gasteiger charge is 2.41. The molecule has 1 fully saturated rings. The Morgan fingerprint density at radius 2 is 1.88 bits per heavy atom. The van der Waals surface area contributed by atoms with Gasteiger partial charge in [0.1, 0.15) is 18.7 Å². The largest absolute Gasteiger partial charge is 0.485 e. The lowest BCUT2D eigenvalue weighted by molar-refractivity contribution is -0.132. The van der Waals surface area contributed by atoms with Gasteiger partial charge in [-0.15, -0.1) is 5.10 Å². The van der Waals surface area contributed by atoms with Crippen LogP contribution >= 0.6 is 0 Å². The van der Waals surface area contributed by atoms with E-state index in [0.717, 1.165) is 43.4 Å². The summed E-state index contributed by atoms with van der Waals surface area (Å²) in [5, 5.41) is 14.6. The topological polar surface area (TPSA) is 125 Å². The van der Waals surface area contributed by atoms with Crippen molar-refractivity contribution in [1.82, 2.24) is 25.5 Å². The molecule has 2 aromatic carbocycles. The molecule has 206 valence electrons. The summed E-state index contributed by atoms with van der Waals surface area (Å²) < 4.78 is 19.3. The highest BCUT2D eigenvalue weighted by molar-refractivity contribution is 6.03. The highest BCUT2D eigenvalue weighted by Crippen LogP contribution is 2.35. The number of hydrogen-bond donors (Lipinski definition) is 1. The van der Waals surface area contributed by atoms with Crippen molar-refractivity contribution in [3.63, 3.8) is 0 Å². The number of furan rings is 1. The van der Waals surface area contributed by atoms with Gasteiger partial charge in [0.05, 0.1) is 12.0 Å². The van der Waals surface area contributed by atoms with Crippen molar-refractivity contribution in [2.45, 2.75) is 57.2 Å². The van der Waals surface area contributed by atoms with Crippen LogP contribution in [0.4, 0.5) is 5.69 Å². The first kappa shape index (κ1) is 25.6. The lowest BCUT2D eigenvalue weighted by Gasteiger charge is -2.35. The van der Waals surface area contributed by atoms with Crippen LogP contribution in [0.3, 0.4) is 0 Å². The van der Waals surface area contributed by atoms with E-state index in [1.165, 1.54) is 17.5 Å². The minimum atomic E-state index is -1.07. The molecule has 2 atom stereocenters. The molecular weight excluding hydrogens is 512 g/mol. The van der Waals surface area contributed by atoms with Gasteiger partial charge < -0.3 is 19.2 Å². The summed E-state index contributed by atoms with van der Waals surface area (Å²) >= 11 is 0. The summed E-state index contributed by atoms with van der Waals surface area (Å²) in [6, 6.07) is 15.0. The molecule has 0 unspecified atom stereocenters. The summed E-state index contributed by atoms with van der Waals surface area (Å²) in [5.41, 5.74) is 2.05. The third-order valence-corrected chi connectivity index (χ3v) is 7.35. The molecule has 0 bridgehead atoms.